The first-order valence-electron chi connectivity index (χ1n) is 12.6. The average Bonchev–Trinajstić information content (AvgIpc) is 3.46. The third-order valence-corrected chi connectivity index (χ3v) is 8.55. The molecule has 36 heavy (non-hydrogen) atoms. The molecule has 3 N–H and O–H groups in total. The largest absolute Gasteiger partial charge is 0.329 e. The number of amides is 3. The monoisotopic (exact) mass is 481 g/mol. The molecule has 0 saturated carbocycles. The van der Waals surface area contributed by atoms with Crippen LogP contribution in [0.2, 0.25) is 0 Å². The Morgan fingerprint density at radius 3 is 2.97 bits per heavy atom. The number of anilines is 2. The van der Waals surface area contributed by atoms with E-state index >= 15 is 0 Å². The number of carbonyl (C=O) groups excluding carboxylic acids is 3. The highest BCUT2D eigenvalue weighted by atomic mass is 16.2. The highest BCUT2D eigenvalue weighted by molar-refractivity contribution is 6.06. The van der Waals surface area contributed by atoms with E-state index in [9.17, 15) is 14.4 Å². The molecule has 2 aliphatic carbocycles. The summed E-state index contributed by atoms with van der Waals surface area (Å²) < 4.78 is 0. The number of nitrogens with zero attached hydrogens (tertiary/aromatic N) is 2. The second-order valence-electron chi connectivity index (χ2n) is 10.6. The number of rotatable bonds is 3. The second kappa shape index (κ2) is 7.86. The summed E-state index contributed by atoms with van der Waals surface area (Å²) in [6, 6.07) is 9.94. The second-order valence-corrected chi connectivity index (χ2v) is 10.6. The van der Waals surface area contributed by atoms with Gasteiger partial charge >= 0.3 is 0 Å². The molecule has 1 aromatic heterocycles. The maximum absolute atomic E-state index is 13.1. The summed E-state index contributed by atoms with van der Waals surface area (Å²) in [6.07, 6.45) is 10.4. The molecule has 8 nitrogen and oxygen atoms in total. The zero-order valence-corrected chi connectivity index (χ0v) is 19.8. The van der Waals surface area contributed by atoms with E-state index in [4.69, 9.17) is 0 Å². The molecule has 0 radical (unpaired) electrons. The number of benzene rings is 1. The Kier molecular flexibility index (Phi) is 4.70. The van der Waals surface area contributed by atoms with Gasteiger partial charge in [-0.2, -0.15) is 0 Å². The van der Waals surface area contributed by atoms with Crippen LogP contribution in [-0.2, 0) is 32.6 Å². The van der Waals surface area contributed by atoms with E-state index in [0.29, 0.717) is 37.5 Å². The van der Waals surface area contributed by atoms with Crippen molar-refractivity contribution in [2.75, 3.05) is 23.7 Å². The van der Waals surface area contributed by atoms with Crippen molar-refractivity contribution in [2.24, 2.45) is 11.8 Å². The van der Waals surface area contributed by atoms with Crippen molar-refractivity contribution in [3.05, 3.63) is 77.1 Å². The molecule has 182 valence electrons. The molecule has 2 saturated heterocycles. The normalized spacial score (nSPS) is 29.7. The summed E-state index contributed by atoms with van der Waals surface area (Å²) in [5.41, 5.74) is 4.29. The van der Waals surface area contributed by atoms with Gasteiger partial charge in [-0.1, -0.05) is 24.3 Å². The lowest BCUT2D eigenvalue weighted by Crippen LogP contribution is -2.40. The van der Waals surface area contributed by atoms with Gasteiger partial charge in [-0.3, -0.25) is 19.3 Å². The molecule has 3 aliphatic heterocycles. The number of aromatic nitrogens is 1. The van der Waals surface area contributed by atoms with Gasteiger partial charge in [0.25, 0.3) is 0 Å². The van der Waals surface area contributed by atoms with Crippen LogP contribution in [0, 0.1) is 11.8 Å². The minimum absolute atomic E-state index is 0.00516. The van der Waals surface area contributed by atoms with Crippen LogP contribution in [0.25, 0.3) is 0 Å². The molecule has 4 atom stereocenters. The average molecular weight is 482 g/mol. The molecule has 7 rings (SSSR count). The van der Waals surface area contributed by atoms with Gasteiger partial charge in [-0.15, -0.1) is 0 Å². The fourth-order valence-electron chi connectivity index (χ4n) is 6.94. The smallest absolute Gasteiger partial charge is 0.238 e. The number of hydrogen-bond acceptors (Lipinski definition) is 5. The Morgan fingerprint density at radius 2 is 2.06 bits per heavy atom. The quantitative estimate of drug-likeness (QED) is 0.624. The SMILES string of the molecule is O=C1CCC2CN(CC(=O)Nc3ccc4c(c3)CC3(C4)C(=O)Nc4ncccc43)C3C=CC=C(N1)C23. The summed E-state index contributed by atoms with van der Waals surface area (Å²) >= 11 is 0. The minimum Gasteiger partial charge on any atom is -0.329 e. The number of carbonyl (C=O) groups is 3. The predicted octanol–water partition coefficient (Wildman–Crippen LogP) is 2.29. The van der Waals surface area contributed by atoms with Crippen LogP contribution in [0.3, 0.4) is 0 Å². The zero-order valence-electron chi connectivity index (χ0n) is 19.8. The third-order valence-electron chi connectivity index (χ3n) is 8.55. The Labute approximate surface area is 208 Å². The highest BCUT2D eigenvalue weighted by Crippen LogP contribution is 2.47. The van der Waals surface area contributed by atoms with Crippen molar-refractivity contribution in [1.29, 1.82) is 0 Å². The summed E-state index contributed by atoms with van der Waals surface area (Å²) in [5, 5.41) is 9.08. The predicted molar refractivity (Wildman–Crippen MR) is 134 cm³/mol. The van der Waals surface area contributed by atoms with Crippen LogP contribution in [0.4, 0.5) is 11.5 Å². The first-order chi connectivity index (χ1) is 17.5. The summed E-state index contributed by atoms with van der Waals surface area (Å²) in [7, 11) is 0. The van der Waals surface area contributed by atoms with Gasteiger partial charge < -0.3 is 16.0 Å². The van der Waals surface area contributed by atoms with Gasteiger partial charge in [0.1, 0.15) is 5.82 Å². The molecule has 2 aromatic rings. The standard InChI is InChI=1S/C28H27N5O3/c34-23-9-7-17-14-33(22-5-1-4-21(31-23)25(17)22)15-24(35)30-19-8-6-16-12-28(13-18(16)11-19)20-3-2-10-29-26(20)32-27(28)36/h1-6,8,10-11,17,22,25H,7,9,12-15H2,(H,30,35)(H,31,34)(H,29,32,36). The molecule has 5 aliphatic rings. The molecule has 1 spiro atoms. The summed E-state index contributed by atoms with van der Waals surface area (Å²) in [4.78, 5) is 44.6. The number of likely N-dealkylation sites (tertiary alicyclic amines) is 1. The molecule has 4 heterocycles. The first-order valence-corrected chi connectivity index (χ1v) is 12.6. The van der Waals surface area contributed by atoms with Crippen LogP contribution in [0.1, 0.15) is 29.5 Å². The number of pyridine rings is 1. The van der Waals surface area contributed by atoms with Gasteiger partial charge in [-0.05, 0) is 60.6 Å². The van der Waals surface area contributed by atoms with Crippen molar-refractivity contribution in [3.8, 4) is 0 Å². The Bertz CT molecular complexity index is 1380. The van der Waals surface area contributed by atoms with E-state index < -0.39 is 5.41 Å². The van der Waals surface area contributed by atoms with Crippen LogP contribution < -0.4 is 16.0 Å². The van der Waals surface area contributed by atoms with Crippen molar-refractivity contribution < 1.29 is 14.4 Å². The van der Waals surface area contributed by atoms with E-state index in [1.165, 1.54) is 0 Å². The van der Waals surface area contributed by atoms with Crippen molar-refractivity contribution in [2.45, 2.75) is 37.1 Å². The maximum atomic E-state index is 13.1. The maximum Gasteiger partial charge on any atom is 0.238 e. The summed E-state index contributed by atoms with van der Waals surface area (Å²) in [6.45, 7) is 1.10. The number of nitrogens with one attached hydrogen (secondary N) is 3. The van der Waals surface area contributed by atoms with Crippen LogP contribution in [0.5, 0.6) is 0 Å². The van der Waals surface area contributed by atoms with Gasteiger partial charge in [0, 0.05) is 48.1 Å². The van der Waals surface area contributed by atoms with E-state index in [0.717, 1.165) is 41.0 Å². The lowest BCUT2D eigenvalue weighted by Gasteiger charge is -2.29. The van der Waals surface area contributed by atoms with E-state index in [1.807, 2.05) is 42.5 Å². The number of allylic oxidation sites excluding steroid dienone is 2. The van der Waals surface area contributed by atoms with Gasteiger partial charge in [0.05, 0.1) is 12.0 Å². The van der Waals surface area contributed by atoms with Gasteiger partial charge in [-0.25, -0.2) is 4.98 Å². The van der Waals surface area contributed by atoms with Crippen LogP contribution in [0.15, 0.2) is 60.5 Å². The molecular weight excluding hydrogens is 454 g/mol. The van der Waals surface area contributed by atoms with Crippen LogP contribution >= 0.6 is 0 Å². The fourth-order valence-corrected chi connectivity index (χ4v) is 6.94. The lowest BCUT2D eigenvalue weighted by atomic mass is 9.79. The molecule has 0 bridgehead atoms. The Balaban J connectivity index is 1.06. The molecule has 3 amide bonds. The lowest BCUT2D eigenvalue weighted by molar-refractivity contribution is -0.121. The summed E-state index contributed by atoms with van der Waals surface area (Å²) in [5.74, 6) is 1.28. The number of fused-ring (bicyclic) bond motifs is 3. The minimum atomic E-state index is -0.618. The van der Waals surface area contributed by atoms with Gasteiger partial charge in [0.2, 0.25) is 17.7 Å². The zero-order chi connectivity index (χ0) is 24.4. The van der Waals surface area contributed by atoms with E-state index in [-0.39, 0.29) is 29.7 Å². The number of hydrogen-bond donors (Lipinski definition) is 3. The fraction of sp³-hybridized carbons (Fsp3) is 0.357. The van der Waals surface area contributed by atoms with Crippen molar-refractivity contribution in [3.63, 3.8) is 0 Å². The highest BCUT2D eigenvalue weighted by Gasteiger charge is 2.51. The van der Waals surface area contributed by atoms with E-state index in [2.05, 4.69) is 31.9 Å². The van der Waals surface area contributed by atoms with E-state index in [1.54, 1.807) is 6.20 Å². The Hall–Kier alpha value is -3.78. The van der Waals surface area contributed by atoms with Gasteiger partial charge in [0.15, 0.2) is 0 Å². The Morgan fingerprint density at radius 1 is 1.17 bits per heavy atom. The molecule has 4 unspecified atom stereocenters. The molecule has 8 heteroatoms. The molecule has 2 fully saturated rings. The molecular formula is C28H27N5O3. The van der Waals surface area contributed by atoms with Crippen molar-refractivity contribution in [1.82, 2.24) is 15.2 Å². The van der Waals surface area contributed by atoms with Crippen molar-refractivity contribution >= 4 is 29.2 Å². The van der Waals surface area contributed by atoms with Crippen LogP contribution in [-0.4, -0.2) is 46.7 Å². The third kappa shape index (κ3) is 3.24. The molecule has 1 aromatic carbocycles. The first kappa shape index (κ1) is 21.5. The topological polar surface area (TPSA) is 103 Å².